The molecule has 3 rings (SSSR count). The Kier molecular flexibility index (Phi) is 9.91. The van der Waals surface area contributed by atoms with Crippen LogP contribution in [-0.4, -0.2) is 22.5 Å². The van der Waals surface area contributed by atoms with Gasteiger partial charge in [-0.1, -0.05) is 119 Å². The van der Waals surface area contributed by atoms with Crippen molar-refractivity contribution < 1.29 is 9.53 Å². The maximum Gasteiger partial charge on any atom is 0.358 e. The molecule has 0 N–H and O–H groups in total. The highest BCUT2D eigenvalue weighted by Crippen LogP contribution is 2.28. The predicted molar refractivity (Wildman–Crippen MR) is 130 cm³/mol. The van der Waals surface area contributed by atoms with Gasteiger partial charge in [0, 0.05) is 11.1 Å². The first-order chi connectivity index (χ1) is 15.8. The number of carbonyl (C=O) groups excluding carboxylic acids is 1. The van der Waals surface area contributed by atoms with E-state index in [0.29, 0.717) is 12.3 Å². The Hall–Kier alpha value is -3.01. The molecule has 4 heteroatoms. The zero-order chi connectivity index (χ0) is 22.4. The van der Waals surface area contributed by atoms with E-state index in [2.05, 4.69) is 16.9 Å². The molecule has 4 nitrogen and oxygen atoms in total. The molecule has 1 aromatic heterocycles. The van der Waals surface area contributed by atoms with Crippen LogP contribution >= 0.6 is 0 Å². The summed E-state index contributed by atoms with van der Waals surface area (Å²) in [6, 6.07) is 19.7. The van der Waals surface area contributed by atoms with Crippen LogP contribution in [0.2, 0.25) is 0 Å². The molecule has 0 aliphatic carbocycles. The van der Waals surface area contributed by atoms with Gasteiger partial charge in [-0.15, -0.1) is 0 Å². The fourth-order valence-corrected chi connectivity index (χ4v) is 3.74. The smallest absolute Gasteiger partial charge is 0.358 e. The molecule has 2 aromatic carbocycles. The minimum Gasteiger partial charge on any atom is -0.461 e. The van der Waals surface area contributed by atoms with E-state index in [-0.39, 0.29) is 5.69 Å². The normalized spacial score (nSPS) is 10.8. The van der Waals surface area contributed by atoms with Crippen molar-refractivity contribution in [2.24, 2.45) is 0 Å². The van der Waals surface area contributed by atoms with Crippen LogP contribution in [0.25, 0.3) is 22.5 Å². The molecular weight excluding hydrogens is 396 g/mol. The molecule has 0 radical (unpaired) electrons. The Bertz CT molecular complexity index is 942. The van der Waals surface area contributed by atoms with Crippen LogP contribution < -0.4 is 0 Å². The van der Waals surface area contributed by atoms with E-state index in [1.165, 1.54) is 51.1 Å². The number of carbonyl (C=O) groups is 1. The molecule has 0 aliphatic rings. The van der Waals surface area contributed by atoms with Crippen LogP contribution in [0, 0.1) is 0 Å². The van der Waals surface area contributed by atoms with E-state index < -0.39 is 5.97 Å². The van der Waals surface area contributed by atoms with Crippen molar-refractivity contribution in [3.63, 3.8) is 0 Å². The lowest BCUT2D eigenvalue weighted by Crippen LogP contribution is -2.10. The van der Waals surface area contributed by atoms with Crippen molar-refractivity contribution in [1.29, 1.82) is 0 Å². The Balaban J connectivity index is 1.55. The van der Waals surface area contributed by atoms with Gasteiger partial charge < -0.3 is 4.74 Å². The quantitative estimate of drug-likeness (QED) is 0.208. The number of ether oxygens (including phenoxy) is 1. The average molecular weight is 431 g/mol. The average Bonchev–Trinajstić information content (AvgIpc) is 2.86. The van der Waals surface area contributed by atoms with Gasteiger partial charge in [-0.25, -0.2) is 9.78 Å². The number of rotatable bonds is 13. The predicted octanol–water partition coefficient (Wildman–Crippen LogP) is 7.50. The Morgan fingerprint density at radius 3 is 1.84 bits per heavy atom. The maximum atomic E-state index is 12.6. The van der Waals surface area contributed by atoms with Gasteiger partial charge in [0.1, 0.15) is 0 Å². The number of benzene rings is 2. The fourth-order valence-electron chi connectivity index (χ4n) is 3.74. The molecule has 0 saturated heterocycles. The summed E-state index contributed by atoms with van der Waals surface area (Å²) >= 11 is 0. The summed E-state index contributed by atoms with van der Waals surface area (Å²) in [5, 5.41) is 0. The number of aromatic nitrogens is 2. The monoisotopic (exact) mass is 430 g/mol. The van der Waals surface area contributed by atoms with E-state index >= 15 is 0 Å². The minimum absolute atomic E-state index is 0.249. The van der Waals surface area contributed by atoms with Crippen LogP contribution in [0.1, 0.15) is 75.2 Å². The molecule has 0 fully saturated rings. The van der Waals surface area contributed by atoms with Crippen molar-refractivity contribution >= 4 is 5.97 Å². The van der Waals surface area contributed by atoms with Gasteiger partial charge in [-0.05, 0) is 6.42 Å². The van der Waals surface area contributed by atoms with Gasteiger partial charge in [-0.2, -0.15) is 0 Å². The number of hydrogen-bond donors (Lipinski definition) is 0. The molecular formula is C28H34N2O2. The van der Waals surface area contributed by atoms with Crippen molar-refractivity contribution in [3.05, 3.63) is 72.6 Å². The van der Waals surface area contributed by atoms with Crippen molar-refractivity contribution in [3.8, 4) is 22.5 Å². The summed E-state index contributed by atoms with van der Waals surface area (Å²) < 4.78 is 5.48. The fraction of sp³-hybridized carbons (Fsp3) is 0.393. The molecule has 0 atom stereocenters. The van der Waals surface area contributed by atoms with E-state index in [0.717, 1.165) is 29.7 Å². The number of nitrogens with zero attached hydrogens (tertiary/aromatic N) is 2. The second kappa shape index (κ2) is 13.4. The molecule has 32 heavy (non-hydrogen) atoms. The van der Waals surface area contributed by atoms with Gasteiger partial charge >= 0.3 is 5.97 Å². The number of hydrogen-bond acceptors (Lipinski definition) is 4. The first-order valence-corrected chi connectivity index (χ1v) is 11.9. The third-order valence-electron chi connectivity index (χ3n) is 5.56. The molecule has 168 valence electrons. The summed E-state index contributed by atoms with van der Waals surface area (Å²) in [6.07, 6.45) is 12.6. The lowest BCUT2D eigenvalue weighted by atomic mass is 10.0. The Morgan fingerprint density at radius 1 is 0.719 bits per heavy atom. The number of unbranched alkanes of at least 4 members (excludes halogenated alkanes) is 8. The lowest BCUT2D eigenvalue weighted by Gasteiger charge is -2.11. The maximum absolute atomic E-state index is 12.6. The topological polar surface area (TPSA) is 52.1 Å². The molecule has 0 aliphatic heterocycles. The minimum atomic E-state index is -0.408. The molecule has 0 unspecified atom stereocenters. The van der Waals surface area contributed by atoms with E-state index in [4.69, 9.17) is 4.74 Å². The van der Waals surface area contributed by atoms with Crippen LogP contribution in [-0.2, 0) is 4.74 Å². The van der Waals surface area contributed by atoms with E-state index in [1.807, 2.05) is 60.7 Å². The first kappa shape index (κ1) is 23.6. The highest BCUT2D eigenvalue weighted by molar-refractivity contribution is 5.89. The van der Waals surface area contributed by atoms with Crippen LogP contribution in [0.4, 0.5) is 0 Å². The summed E-state index contributed by atoms with van der Waals surface area (Å²) in [4.78, 5) is 21.8. The zero-order valence-corrected chi connectivity index (χ0v) is 19.1. The van der Waals surface area contributed by atoms with Crippen LogP contribution in [0.5, 0.6) is 0 Å². The first-order valence-electron chi connectivity index (χ1n) is 11.9. The largest absolute Gasteiger partial charge is 0.461 e. The summed E-state index contributed by atoms with van der Waals surface area (Å²) in [5.74, 6) is -0.408. The van der Waals surface area contributed by atoms with Crippen molar-refractivity contribution in [2.45, 2.75) is 64.7 Å². The van der Waals surface area contributed by atoms with Crippen LogP contribution in [0.3, 0.4) is 0 Å². The molecule has 0 bridgehead atoms. The van der Waals surface area contributed by atoms with E-state index in [1.54, 1.807) is 0 Å². The highest BCUT2D eigenvalue weighted by Gasteiger charge is 2.16. The van der Waals surface area contributed by atoms with Gasteiger partial charge in [-0.3, -0.25) is 4.98 Å². The number of esters is 1. The second-order valence-corrected chi connectivity index (χ2v) is 8.15. The van der Waals surface area contributed by atoms with Crippen LogP contribution in [0.15, 0.2) is 66.9 Å². The molecule has 3 aromatic rings. The van der Waals surface area contributed by atoms with Crippen molar-refractivity contribution in [1.82, 2.24) is 9.97 Å². The van der Waals surface area contributed by atoms with Gasteiger partial charge in [0.2, 0.25) is 0 Å². The molecule has 0 saturated carbocycles. The second-order valence-electron chi connectivity index (χ2n) is 8.15. The Morgan fingerprint density at radius 2 is 1.25 bits per heavy atom. The van der Waals surface area contributed by atoms with Gasteiger partial charge in [0.05, 0.1) is 24.2 Å². The lowest BCUT2D eigenvalue weighted by molar-refractivity contribution is 0.0490. The summed E-state index contributed by atoms with van der Waals surface area (Å²) in [6.45, 7) is 2.67. The van der Waals surface area contributed by atoms with Crippen molar-refractivity contribution in [2.75, 3.05) is 6.61 Å². The highest BCUT2D eigenvalue weighted by atomic mass is 16.5. The third kappa shape index (κ3) is 7.30. The SMILES string of the molecule is CCCCCCCCCCCOC(=O)c1cnc(-c2ccccc2)c(-c2ccccc2)n1. The summed E-state index contributed by atoms with van der Waals surface area (Å²) in [5.41, 5.74) is 3.59. The third-order valence-corrected chi connectivity index (χ3v) is 5.56. The van der Waals surface area contributed by atoms with Gasteiger partial charge in [0.15, 0.2) is 5.69 Å². The van der Waals surface area contributed by atoms with Gasteiger partial charge in [0.25, 0.3) is 0 Å². The summed E-state index contributed by atoms with van der Waals surface area (Å²) in [7, 11) is 0. The Labute approximate surface area is 192 Å². The van der Waals surface area contributed by atoms with E-state index in [9.17, 15) is 4.79 Å². The standard InChI is InChI=1S/C28H34N2O2/c1-2-3-4-5-6-7-8-9-16-21-32-28(31)25-22-29-26(23-17-12-10-13-18-23)27(30-25)24-19-14-11-15-20-24/h10-15,17-20,22H,2-9,16,21H2,1H3. The zero-order valence-electron chi connectivity index (χ0n) is 19.1. The molecule has 1 heterocycles. The molecule has 0 spiro atoms. The molecule has 0 amide bonds.